The maximum absolute atomic E-state index is 13.1. The Morgan fingerprint density at radius 2 is 1.66 bits per heavy atom. The summed E-state index contributed by atoms with van der Waals surface area (Å²) in [7, 11) is -4.25. The van der Waals surface area contributed by atoms with Crippen LogP contribution in [0.2, 0.25) is 0 Å². The fourth-order valence-corrected chi connectivity index (χ4v) is 8.60. The van der Waals surface area contributed by atoms with Crippen LogP contribution < -0.4 is 4.72 Å². The number of halogens is 6. The smallest absolute Gasteiger partial charge is 0.402 e. The molecule has 1 saturated carbocycles. The van der Waals surface area contributed by atoms with Crippen LogP contribution in [0.4, 0.5) is 26.3 Å². The van der Waals surface area contributed by atoms with Crippen LogP contribution in [0.15, 0.2) is 24.3 Å². The first-order valence-corrected chi connectivity index (χ1v) is 14.3. The van der Waals surface area contributed by atoms with Gasteiger partial charge in [-0.05, 0) is 60.3 Å². The predicted octanol–water partition coefficient (Wildman–Crippen LogP) is 4.56. The molecule has 2 heterocycles. The lowest BCUT2D eigenvalue weighted by Gasteiger charge is -2.47. The van der Waals surface area contributed by atoms with E-state index in [0.717, 1.165) is 23.1 Å². The summed E-state index contributed by atoms with van der Waals surface area (Å²) < 4.78 is 106. The van der Waals surface area contributed by atoms with E-state index in [2.05, 4.69) is 4.72 Å². The van der Waals surface area contributed by atoms with Gasteiger partial charge in [0.15, 0.2) is 0 Å². The first kappa shape index (κ1) is 27.9. The Hall–Kier alpha value is -1.67. The molecule has 1 aromatic carbocycles. The molecular formula is C25H31F6N3O3S. The maximum atomic E-state index is 13.1. The molecule has 38 heavy (non-hydrogen) atoms. The molecule has 1 aromatic rings. The lowest BCUT2D eigenvalue weighted by atomic mass is 9.79. The Morgan fingerprint density at radius 3 is 2.26 bits per heavy atom. The van der Waals surface area contributed by atoms with Crippen LogP contribution in [0.1, 0.15) is 42.4 Å². The summed E-state index contributed by atoms with van der Waals surface area (Å²) in [6.45, 7) is -1.80. The van der Waals surface area contributed by atoms with Crippen LogP contribution >= 0.6 is 0 Å². The van der Waals surface area contributed by atoms with Crippen molar-refractivity contribution in [3.8, 4) is 0 Å². The summed E-state index contributed by atoms with van der Waals surface area (Å²) in [5, 5.41) is 12.8. The van der Waals surface area contributed by atoms with E-state index in [-0.39, 0.29) is 50.9 Å². The first-order valence-electron chi connectivity index (χ1n) is 12.9. The molecule has 2 aliphatic heterocycles. The average Bonchev–Trinajstić information content (AvgIpc) is 3.17. The zero-order valence-electron chi connectivity index (χ0n) is 20.7. The summed E-state index contributed by atoms with van der Waals surface area (Å²) >= 11 is 0. The van der Waals surface area contributed by atoms with Crippen molar-refractivity contribution < 1.29 is 39.4 Å². The van der Waals surface area contributed by atoms with Gasteiger partial charge in [-0.2, -0.15) is 43.8 Å². The summed E-state index contributed by atoms with van der Waals surface area (Å²) in [4.78, 5) is 0. The number of alkyl halides is 6. The highest BCUT2D eigenvalue weighted by Crippen LogP contribution is 2.50. The number of hydrogen-bond donors (Lipinski definition) is 1. The van der Waals surface area contributed by atoms with Crippen molar-refractivity contribution in [2.24, 2.45) is 17.8 Å². The monoisotopic (exact) mass is 567 g/mol. The minimum absolute atomic E-state index is 0.0757. The highest BCUT2D eigenvalue weighted by Gasteiger charge is 2.60. The van der Waals surface area contributed by atoms with Crippen molar-refractivity contribution in [2.75, 3.05) is 32.7 Å². The number of nitrogens with zero attached hydrogens (tertiary/aromatic N) is 2. The van der Waals surface area contributed by atoms with Crippen LogP contribution in [0.5, 0.6) is 0 Å². The average molecular weight is 568 g/mol. The molecule has 0 amide bonds. The van der Waals surface area contributed by atoms with Gasteiger partial charge in [0, 0.05) is 19.4 Å². The Bertz CT molecular complexity index is 1190. The third kappa shape index (κ3) is 5.49. The molecule has 0 aromatic heterocycles. The summed E-state index contributed by atoms with van der Waals surface area (Å²) in [5.74, 6) is -1.68. The largest absolute Gasteiger partial charge is 0.633 e. The summed E-state index contributed by atoms with van der Waals surface area (Å²) in [5.41, 5.74) is 1.91. The van der Waals surface area contributed by atoms with Crippen molar-refractivity contribution in [3.05, 3.63) is 46.2 Å². The van der Waals surface area contributed by atoms with E-state index in [9.17, 15) is 40.0 Å². The summed E-state index contributed by atoms with van der Waals surface area (Å²) in [6, 6.07) is 5.78. The van der Waals surface area contributed by atoms with Gasteiger partial charge in [0.25, 0.3) is 10.2 Å². The molecule has 0 radical (unpaired) electrons. The van der Waals surface area contributed by atoms with Crippen LogP contribution in [-0.2, 0) is 23.1 Å². The van der Waals surface area contributed by atoms with Gasteiger partial charge < -0.3 is 9.85 Å². The molecule has 2 bridgehead atoms. The molecule has 5 rings (SSSR count). The molecule has 13 heteroatoms. The minimum atomic E-state index is -4.63. The summed E-state index contributed by atoms with van der Waals surface area (Å²) in [6.07, 6.45) is -3.27. The van der Waals surface area contributed by atoms with E-state index < -0.39 is 45.2 Å². The van der Waals surface area contributed by atoms with E-state index in [1.165, 1.54) is 0 Å². The van der Waals surface area contributed by atoms with E-state index in [1.807, 2.05) is 18.2 Å². The van der Waals surface area contributed by atoms with Gasteiger partial charge in [0.1, 0.15) is 6.54 Å². The highest BCUT2D eigenvalue weighted by atomic mass is 32.2. The number of piperidine rings is 1. The van der Waals surface area contributed by atoms with E-state index in [4.69, 9.17) is 0 Å². The number of quaternary nitrogens is 1. The van der Waals surface area contributed by atoms with E-state index in [0.29, 0.717) is 23.6 Å². The van der Waals surface area contributed by atoms with Gasteiger partial charge in [-0.25, -0.2) is 0 Å². The number of hydroxylamine groups is 3. The van der Waals surface area contributed by atoms with Gasteiger partial charge in [-0.15, -0.1) is 0 Å². The number of hydrogen-bond acceptors (Lipinski definition) is 3. The number of likely N-dealkylation sites (tertiary alicyclic amines) is 1. The zero-order chi connectivity index (χ0) is 27.6. The number of benzene rings is 1. The fourth-order valence-electron chi connectivity index (χ4n) is 6.90. The standard InChI is InChI=1S/C25H31F6N3O3S/c26-24(27,28)16-33-15-23(32-38(33,36)37)21-5-6-22(23)14-19-12-17(3-4-18(19)13-21)2-1-9-34(35)10-7-20(8-11-34)25(29,30)31/h1-4,12,20-22,32H,5-11,13-16H2/b2-1+/t20?,21-,22+,23+,34?/m0/s1. The molecule has 212 valence electrons. The maximum Gasteiger partial charge on any atom is 0.402 e. The molecule has 2 saturated heterocycles. The van der Waals surface area contributed by atoms with Crippen LogP contribution in [-0.4, -0.2) is 68.0 Å². The van der Waals surface area contributed by atoms with Gasteiger partial charge in [-0.1, -0.05) is 24.3 Å². The Labute approximate surface area is 218 Å². The molecule has 1 N–H and O–H groups in total. The Morgan fingerprint density at radius 1 is 1.03 bits per heavy atom. The molecular weight excluding hydrogens is 536 g/mol. The normalized spacial score (nSPS) is 35.6. The van der Waals surface area contributed by atoms with Crippen molar-refractivity contribution in [3.63, 3.8) is 0 Å². The first-order chi connectivity index (χ1) is 17.6. The second-order valence-corrected chi connectivity index (χ2v) is 13.0. The minimum Gasteiger partial charge on any atom is -0.633 e. The Kier molecular flexibility index (Phi) is 6.94. The molecule has 4 aliphatic rings. The van der Waals surface area contributed by atoms with E-state index in [1.54, 1.807) is 12.2 Å². The molecule has 3 atom stereocenters. The fraction of sp³-hybridized carbons (Fsp3) is 0.680. The van der Waals surface area contributed by atoms with Crippen LogP contribution in [0.3, 0.4) is 0 Å². The molecule has 3 fully saturated rings. The van der Waals surface area contributed by atoms with Gasteiger partial charge in [0.2, 0.25) is 0 Å². The Balaban J connectivity index is 1.28. The van der Waals surface area contributed by atoms with Gasteiger partial charge >= 0.3 is 12.4 Å². The third-order valence-electron chi connectivity index (χ3n) is 8.92. The number of fused-ring (bicyclic) bond motifs is 1. The van der Waals surface area contributed by atoms with Gasteiger partial charge in [-0.3, -0.25) is 0 Å². The van der Waals surface area contributed by atoms with Crippen LogP contribution in [0.25, 0.3) is 6.08 Å². The molecule has 1 spiro atoms. The van der Waals surface area contributed by atoms with E-state index >= 15 is 0 Å². The topological polar surface area (TPSA) is 72.5 Å². The van der Waals surface area contributed by atoms with Crippen molar-refractivity contribution in [2.45, 2.75) is 56.4 Å². The molecule has 0 unspecified atom stereocenters. The second-order valence-electron chi connectivity index (χ2n) is 11.3. The highest BCUT2D eigenvalue weighted by molar-refractivity contribution is 7.87. The van der Waals surface area contributed by atoms with Crippen molar-refractivity contribution >= 4 is 16.3 Å². The lowest BCUT2D eigenvalue weighted by molar-refractivity contribution is -0.881. The van der Waals surface area contributed by atoms with Crippen molar-refractivity contribution in [1.29, 1.82) is 0 Å². The molecule has 6 nitrogen and oxygen atoms in total. The van der Waals surface area contributed by atoms with Crippen LogP contribution in [0, 0.1) is 23.0 Å². The third-order valence-corrected chi connectivity index (χ3v) is 10.5. The number of rotatable bonds is 4. The lowest BCUT2D eigenvalue weighted by Crippen LogP contribution is -2.52. The molecule has 2 aliphatic carbocycles. The quantitative estimate of drug-likeness (QED) is 0.330. The second kappa shape index (κ2) is 9.46. The zero-order valence-corrected chi connectivity index (χ0v) is 21.5. The number of nitrogens with one attached hydrogen (secondary N) is 1. The van der Waals surface area contributed by atoms with Gasteiger partial charge in [0.05, 0.1) is 31.1 Å². The predicted molar refractivity (Wildman–Crippen MR) is 129 cm³/mol. The van der Waals surface area contributed by atoms with Crippen molar-refractivity contribution in [1.82, 2.24) is 9.03 Å². The SMILES string of the molecule is O=S1(=O)N[C@@]2(CN1CC(F)(F)F)[C@@H]1CC[C@H]2Cc2ccc(/C=C/C[N+]3([O-])CCC(C(F)(F)F)CC3)cc2C1.